The first-order valence-corrected chi connectivity index (χ1v) is 8.33. The molecule has 0 bridgehead atoms. The summed E-state index contributed by atoms with van der Waals surface area (Å²) in [7, 11) is 1.72. The predicted octanol–water partition coefficient (Wildman–Crippen LogP) is 3.69. The Morgan fingerprint density at radius 1 is 1.23 bits per heavy atom. The Morgan fingerprint density at radius 3 is 2.68 bits per heavy atom. The Labute approximate surface area is 133 Å². The van der Waals surface area contributed by atoms with Gasteiger partial charge in [0.1, 0.15) is 0 Å². The van der Waals surface area contributed by atoms with Crippen LogP contribution in [0.4, 0.5) is 0 Å². The summed E-state index contributed by atoms with van der Waals surface area (Å²) < 4.78 is 5.68. The second-order valence-corrected chi connectivity index (χ2v) is 6.38. The molecule has 22 heavy (non-hydrogen) atoms. The van der Waals surface area contributed by atoms with Crippen LogP contribution in [0.1, 0.15) is 44.6 Å². The smallest absolute Gasteiger partial charge is 0.252 e. The molecular weight excluding hydrogens is 274 g/mol. The molecule has 3 heteroatoms. The van der Waals surface area contributed by atoms with Crippen LogP contribution < -0.4 is 0 Å². The fourth-order valence-electron chi connectivity index (χ4n) is 3.72. The molecule has 2 atom stereocenters. The van der Waals surface area contributed by atoms with Crippen molar-refractivity contribution in [3.63, 3.8) is 0 Å². The molecule has 0 spiro atoms. The van der Waals surface area contributed by atoms with Gasteiger partial charge in [0.05, 0.1) is 0 Å². The van der Waals surface area contributed by atoms with Gasteiger partial charge in [-0.1, -0.05) is 30.3 Å². The van der Waals surface area contributed by atoms with Crippen molar-refractivity contribution in [1.29, 1.82) is 0 Å². The van der Waals surface area contributed by atoms with Crippen LogP contribution in [0.3, 0.4) is 0 Å². The van der Waals surface area contributed by atoms with Gasteiger partial charge in [-0.05, 0) is 56.6 Å². The Bertz CT molecular complexity index is 564. The van der Waals surface area contributed by atoms with E-state index in [0.717, 1.165) is 37.7 Å². The summed E-state index contributed by atoms with van der Waals surface area (Å²) in [5.74, 6) is 0.210. The summed E-state index contributed by atoms with van der Waals surface area (Å²) >= 11 is 0. The summed E-state index contributed by atoms with van der Waals surface area (Å²) in [5, 5.41) is 0. The van der Waals surface area contributed by atoms with E-state index >= 15 is 0 Å². The van der Waals surface area contributed by atoms with Gasteiger partial charge in [0, 0.05) is 18.7 Å². The quantitative estimate of drug-likeness (QED) is 0.830. The minimum atomic E-state index is -0.131. The fraction of sp³-hybridized carbons (Fsp3) is 0.526. The highest BCUT2D eigenvalue weighted by atomic mass is 16.5. The lowest BCUT2D eigenvalue weighted by Gasteiger charge is -2.31. The second-order valence-electron chi connectivity index (χ2n) is 6.38. The Kier molecular flexibility index (Phi) is 4.63. The third kappa shape index (κ3) is 2.82. The zero-order valence-corrected chi connectivity index (χ0v) is 13.5. The van der Waals surface area contributed by atoms with Gasteiger partial charge in [0.15, 0.2) is 6.23 Å². The van der Waals surface area contributed by atoms with E-state index in [0.29, 0.717) is 0 Å². The molecule has 2 unspecified atom stereocenters. The number of hydrogen-bond acceptors (Lipinski definition) is 2. The van der Waals surface area contributed by atoms with Crippen molar-refractivity contribution < 1.29 is 9.53 Å². The van der Waals surface area contributed by atoms with E-state index in [9.17, 15) is 4.79 Å². The highest BCUT2D eigenvalue weighted by Gasteiger charge is 2.41. The summed E-state index contributed by atoms with van der Waals surface area (Å²) in [4.78, 5) is 14.7. The summed E-state index contributed by atoms with van der Waals surface area (Å²) in [6, 6.07) is 10.7. The van der Waals surface area contributed by atoms with E-state index in [1.54, 1.807) is 7.11 Å². The molecule has 118 valence electrons. The van der Waals surface area contributed by atoms with Crippen molar-refractivity contribution in [2.45, 2.75) is 57.7 Å². The van der Waals surface area contributed by atoms with E-state index in [1.807, 2.05) is 11.0 Å². The van der Waals surface area contributed by atoms with Gasteiger partial charge in [-0.25, -0.2) is 0 Å². The van der Waals surface area contributed by atoms with Crippen LogP contribution in [0.15, 0.2) is 41.5 Å². The Balaban J connectivity index is 1.69. The van der Waals surface area contributed by atoms with Gasteiger partial charge in [0.2, 0.25) is 0 Å². The minimum absolute atomic E-state index is 0.131. The second kappa shape index (κ2) is 6.66. The monoisotopic (exact) mass is 299 g/mol. The zero-order valence-electron chi connectivity index (χ0n) is 13.5. The third-order valence-electron chi connectivity index (χ3n) is 4.95. The first-order valence-electron chi connectivity index (χ1n) is 8.33. The van der Waals surface area contributed by atoms with E-state index < -0.39 is 0 Å². The van der Waals surface area contributed by atoms with E-state index in [2.05, 4.69) is 31.2 Å². The molecule has 3 rings (SSSR count). The number of amides is 1. The molecule has 1 aliphatic carbocycles. The largest absolute Gasteiger partial charge is 0.357 e. The molecule has 0 radical (unpaired) electrons. The van der Waals surface area contributed by atoms with Gasteiger partial charge in [-0.2, -0.15) is 0 Å². The van der Waals surface area contributed by atoms with Gasteiger partial charge < -0.3 is 9.64 Å². The lowest BCUT2D eigenvalue weighted by atomic mass is 9.93. The number of rotatable bonds is 5. The van der Waals surface area contributed by atoms with Crippen molar-refractivity contribution >= 4 is 5.91 Å². The zero-order chi connectivity index (χ0) is 15.5. The number of nitrogens with zero attached hydrogens (tertiary/aromatic N) is 1. The number of benzene rings is 1. The van der Waals surface area contributed by atoms with Crippen LogP contribution in [-0.4, -0.2) is 30.2 Å². The van der Waals surface area contributed by atoms with Gasteiger partial charge in [0.25, 0.3) is 5.91 Å². The standard InChI is InChI=1S/C19H25NO2/c1-14(12-13-15-8-4-3-5-9-15)20-18(21)16-10-6-7-11-17(16)19(20)22-2/h3-5,8-9,14,19H,6-7,10-13H2,1-2H3. The average molecular weight is 299 g/mol. The lowest BCUT2D eigenvalue weighted by molar-refractivity contribution is -0.137. The number of ether oxygens (including phenoxy) is 1. The topological polar surface area (TPSA) is 29.5 Å². The van der Waals surface area contributed by atoms with Crippen molar-refractivity contribution in [2.75, 3.05) is 7.11 Å². The summed E-state index contributed by atoms with van der Waals surface area (Å²) in [6.45, 7) is 2.14. The molecule has 0 saturated carbocycles. The molecule has 2 aliphatic rings. The van der Waals surface area contributed by atoms with Crippen LogP contribution in [0.25, 0.3) is 0 Å². The van der Waals surface area contributed by atoms with Gasteiger partial charge >= 0.3 is 0 Å². The summed E-state index contributed by atoms with van der Waals surface area (Å²) in [5.41, 5.74) is 3.60. The van der Waals surface area contributed by atoms with Gasteiger partial charge in [-0.3, -0.25) is 4.79 Å². The Hall–Kier alpha value is -1.61. The Morgan fingerprint density at radius 2 is 1.95 bits per heavy atom. The number of carbonyl (C=O) groups is 1. The number of carbonyl (C=O) groups excluding carboxylic acids is 1. The van der Waals surface area contributed by atoms with E-state index in [1.165, 1.54) is 17.6 Å². The van der Waals surface area contributed by atoms with Crippen LogP contribution in [0.2, 0.25) is 0 Å². The highest BCUT2D eigenvalue weighted by molar-refractivity contribution is 5.97. The molecular formula is C19H25NO2. The maximum Gasteiger partial charge on any atom is 0.252 e. The molecule has 1 aliphatic heterocycles. The minimum Gasteiger partial charge on any atom is -0.357 e. The van der Waals surface area contributed by atoms with Crippen molar-refractivity contribution in [2.24, 2.45) is 0 Å². The number of methoxy groups -OCH3 is 1. The molecule has 0 N–H and O–H groups in total. The highest BCUT2D eigenvalue weighted by Crippen LogP contribution is 2.38. The normalized spacial score (nSPS) is 22.9. The van der Waals surface area contributed by atoms with Crippen LogP contribution in [-0.2, 0) is 16.0 Å². The summed E-state index contributed by atoms with van der Waals surface area (Å²) in [6.07, 6.45) is 6.08. The average Bonchev–Trinajstić information content (AvgIpc) is 2.86. The molecule has 3 nitrogen and oxygen atoms in total. The first kappa shape index (κ1) is 15.3. The molecule has 0 aromatic heterocycles. The lowest BCUT2D eigenvalue weighted by Crippen LogP contribution is -2.43. The fourth-order valence-corrected chi connectivity index (χ4v) is 3.72. The van der Waals surface area contributed by atoms with E-state index in [4.69, 9.17) is 4.74 Å². The molecule has 1 aromatic rings. The molecule has 0 fully saturated rings. The number of aryl methyl sites for hydroxylation is 1. The molecule has 0 saturated heterocycles. The van der Waals surface area contributed by atoms with Crippen LogP contribution in [0.5, 0.6) is 0 Å². The molecule has 1 amide bonds. The number of hydrogen-bond donors (Lipinski definition) is 0. The molecule has 1 heterocycles. The molecule has 1 aromatic carbocycles. The van der Waals surface area contributed by atoms with E-state index in [-0.39, 0.29) is 18.2 Å². The predicted molar refractivity (Wildman–Crippen MR) is 87.4 cm³/mol. The van der Waals surface area contributed by atoms with Crippen molar-refractivity contribution in [1.82, 2.24) is 4.90 Å². The van der Waals surface area contributed by atoms with Crippen molar-refractivity contribution in [3.8, 4) is 0 Å². The van der Waals surface area contributed by atoms with Crippen LogP contribution >= 0.6 is 0 Å². The maximum absolute atomic E-state index is 12.7. The SMILES string of the molecule is COC1C2=C(CCCC2)C(=O)N1C(C)CCc1ccccc1. The van der Waals surface area contributed by atoms with Gasteiger partial charge in [-0.15, -0.1) is 0 Å². The third-order valence-corrected chi connectivity index (χ3v) is 4.95. The maximum atomic E-state index is 12.7. The van der Waals surface area contributed by atoms with Crippen molar-refractivity contribution in [3.05, 3.63) is 47.0 Å². The van der Waals surface area contributed by atoms with Crippen LogP contribution in [0, 0.1) is 0 Å². The first-order chi connectivity index (χ1) is 10.7.